The van der Waals surface area contributed by atoms with Gasteiger partial charge in [-0.3, -0.25) is 4.79 Å². The molecule has 1 aliphatic heterocycles. The largest absolute Gasteiger partial charge is 0.478 e. The Balaban J connectivity index is 1.57. The molecule has 0 amide bonds. The number of para-hydroxylation sites is 1. The van der Waals surface area contributed by atoms with Crippen LogP contribution >= 0.6 is 0 Å². The van der Waals surface area contributed by atoms with E-state index in [1.807, 2.05) is 26.0 Å². The van der Waals surface area contributed by atoms with E-state index in [1.54, 1.807) is 30.3 Å². The second-order valence-electron chi connectivity index (χ2n) is 9.14. The second-order valence-corrected chi connectivity index (χ2v) is 9.14. The van der Waals surface area contributed by atoms with Crippen LogP contribution in [0.1, 0.15) is 60.1 Å². The molecule has 2 aliphatic rings. The average Bonchev–Trinajstić information content (AvgIpc) is 2.74. The minimum Gasteiger partial charge on any atom is -0.478 e. The van der Waals surface area contributed by atoms with E-state index in [1.165, 1.54) is 12.8 Å². The van der Waals surface area contributed by atoms with E-state index in [2.05, 4.69) is 10.2 Å². The maximum atomic E-state index is 13.1. The van der Waals surface area contributed by atoms with E-state index in [9.17, 15) is 14.7 Å². The van der Waals surface area contributed by atoms with Gasteiger partial charge in [-0.25, -0.2) is 4.79 Å². The van der Waals surface area contributed by atoms with Crippen molar-refractivity contribution in [3.8, 4) is 0 Å². The Morgan fingerprint density at radius 3 is 2.75 bits per heavy atom. The Kier molecular flexibility index (Phi) is 5.16. The number of aryl methyl sites for hydroxylation is 1. The summed E-state index contributed by atoms with van der Waals surface area (Å²) in [5.41, 5.74) is 3.10. The summed E-state index contributed by atoms with van der Waals surface area (Å²) in [6, 6.07) is 12.6. The molecule has 6 nitrogen and oxygen atoms in total. The van der Waals surface area contributed by atoms with Crippen LogP contribution in [0.3, 0.4) is 0 Å². The molecule has 2 heterocycles. The summed E-state index contributed by atoms with van der Waals surface area (Å²) in [4.78, 5) is 27.0. The lowest BCUT2D eigenvalue weighted by Gasteiger charge is -2.48. The highest BCUT2D eigenvalue weighted by molar-refractivity contribution is 5.94. The summed E-state index contributed by atoms with van der Waals surface area (Å²) >= 11 is 0. The molecule has 3 aromatic rings. The van der Waals surface area contributed by atoms with Crippen LogP contribution < -0.4 is 15.6 Å². The smallest absolute Gasteiger partial charge is 0.337 e. The van der Waals surface area contributed by atoms with E-state index < -0.39 is 5.97 Å². The predicted octanol–water partition coefficient (Wildman–Crippen LogP) is 5.35. The van der Waals surface area contributed by atoms with Crippen LogP contribution in [0.5, 0.6) is 0 Å². The molecule has 3 atom stereocenters. The zero-order valence-electron chi connectivity index (χ0n) is 18.4. The monoisotopic (exact) mass is 432 g/mol. The molecular formula is C26H28N2O4. The number of hydrogen-bond donors (Lipinski definition) is 2. The summed E-state index contributed by atoms with van der Waals surface area (Å²) in [7, 11) is 0. The van der Waals surface area contributed by atoms with Crippen molar-refractivity contribution in [2.24, 2.45) is 5.92 Å². The number of aromatic carboxylic acids is 1. The first-order valence-corrected chi connectivity index (χ1v) is 11.4. The van der Waals surface area contributed by atoms with Crippen LogP contribution in [0.2, 0.25) is 0 Å². The second kappa shape index (κ2) is 8.01. The van der Waals surface area contributed by atoms with Gasteiger partial charge in [0.05, 0.1) is 17.0 Å². The van der Waals surface area contributed by atoms with Gasteiger partial charge in [0.15, 0.2) is 11.3 Å². The fourth-order valence-corrected chi connectivity index (χ4v) is 5.25. The number of fused-ring (bicyclic) bond motifs is 2. The van der Waals surface area contributed by atoms with Crippen LogP contribution in [0, 0.1) is 12.8 Å². The van der Waals surface area contributed by atoms with Gasteiger partial charge in [-0.05, 0) is 69.2 Å². The number of benzene rings is 2. The number of carboxylic acid groups (broad SMARTS) is 1. The topological polar surface area (TPSA) is 82.8 Å². The highest BCUT2D eigenvalue weighted by Gasteiger charge is 2.39. The van der Waals surface area contributed by atoms with E-state index >= 15 is 0 Å². The van der Waals surface area contributed by atoms with Gasteiger partial charge in [0.25, 0.3) is 0 Å². The van der Waals surface area contributed by atoms with Crippen LogP contribution in [0.25, 0.3) is 11.0 Å². The third kappa shape index (κ3) is 3.53. The quantitative estimate of drug-likeness (QED) is 0.565. The molecule has 2 fully saturated rings. The van der Waals surface area contributed by atoms with Gasteiger partial charge in [0.2, 0.25) is 0 Å². The molecule has 1 aromatic heterocycles. The molecule has 32 heavy (non-hydrogen) atoms. The van der Waals surface area contributed by atoms with Crippen molar-refractivity contribution < 1.29 is 14.3 Å². The van der Waals surface area contributed by atoms with Gasteiger partial charge in [-0.2, -0.15) is 0 Å². The number of nitrogens with zero attached hydrogens (tertiary/aromatic N) is 1. The number of carbonyl (C=O) groups is 1. The molecule has 0 spiro atoms. The van der Waals surface area contributed by atoms with Crippen molar-refractivity contribution >= 4 is 28.5 Å². The van der Waals surface area contributed by atoms with Gasteiger partial charge in [0, 0.05) is 29.9 Å². The maximum absolute atomic E-state index is 13.1. The summed E-state index contributed by atoms with van der Waals surface area (Å²) in [6.07, 6.45) is 4.78. The molecule has 5 rings (SSSR count). The highest BCUT2D eigenvalue weighted by Crippen LogP contribution is 2.42. The standard InChI is InChI=1S/C26H28N2O4/c1-15-12-19(16(2)27-21-8-4-3-7-18(21)26(30)31)25-20(13-15)23(29)14-24(32-25)28-11-5-6-17-9-10-22(17)28/h3-4,7-8,12-14,16-17,22,27H,5-6,9-11H2,1-2H3,(H,30,31). The number of rotatable bonds is 5. The van der Waals surface area contributed by atoms with Crippen LogP contribution in [0.15, 0.2) is 51.7 Å². The molecule has 1 saturated carbocycles. The number of anilines is 2. The fourth-order valence-electron chi connectivity index (χ4n) is 5.25. The number of nitrogens with one attached hydrogen (secondary N) is 1. The van der Waals surface area contributed by atoms with Gasteiger partial charge in [-0.1, -0.05) is 18.2 Å². The van der Waals surface area contributed by atoms with Gasteiger partial charge >= 0.3 is 5.97 Å². The molecule has 0 bridgehead atoms. The third-order valence-corrected chi connectivity index (χ3v) is 7.02. The molecule has 6 heteroatoms. The Hall–Kier alpha value is -3.28. The lowest BCUT2D eigenvalue weighted by Crippen LogP contribution is -2.51. The van der Waals surface area contributed by atoms with Gasteiger partial charge < -0.3 is 19.7 Å². The van der Waals surface area contributed by atoms with Crippen molar-refractivity contribution in [2.75, 3.05) is 16.8 Å². The van der Waals surface area contributed by atoms with Crippen molar-refractivity contribution in [2.45, 2.75) is 51.6 Å². The minimum atomic E-state index is -0.983. The minimum absolute atomic E-state index is 0.0363. The molecule has 2 N–H and O–H groups in total. The van der Waals surface area contributed by atoms with E-state index in [4.69, 9.17) is 4.42 Å². The first-order valence-electron chi connectivity index (χ1n) is 11.4. The molecule has 3 unspecified atom stereocenters. The Morgan fingerprint density at radius 1 is 1.19 bits per heavy atom. The number of piperidine rings is 1. The molecule has 0 radical (unpaired) electrons. The van der Waals surface area contributed by atoms with Crippen LogP contribution in [0.4, 0.5) is 11.6 Å². The summed E-state index contributed by atoms with van der Waals surface area (Å²) in [5.74, 6) is 0.374. The van der Waals surface area contributed by atoms with Gasteiger partial charge in [-0.15, -0.1) is 0 Å². The highest BCUT2D eigenvalue weighted by atomic mass is 16.4. The predicted molar refractivity (Wildman–Crippen MR) is 126 cm³/mol. The van der Waals surface area contributed by atoms with Crippen molar-refractivity contribution in [3.05, 3.63) is 69.4 Å². The lowest BCUT2D eigenvalue weighted by atomic mass is 9.73. The van der Waals surface area contributed by atoms with Crippen molar-refractivity contribution in [1.82, 2.24) is 0 Å². The van der Waals surface area contributed by atoms with Crippen molar-refractivity contribution in [3.63, 3.8) is 0 Å². The van der Waals surface area contributed by atoms with E-state index in [0.717, 1.165) is 30.5 Å². The Labute approximate surface area is 186 Å². The molecule has 2 aromatic carbocycles. The summed E-state index contributed by atoms with van der Waals surface area (Å²) < 4.78 is 6.43. The Bertz CT molecular complexity index is 1250. The van der Waals surface area contributed by atoms with Crippen LogP contribution in [-0.2, 0) is 0 Å². The zero-order valence-corrected chi connectivity index (χ0v) is 18.4. The number of carboxylic acids is 1. The van der Waals surface area contributed by atoms with Gasteiger partial charge in [0.1, 0.15) is 5.58 Å². The van der Waals surface area contributed by atoms with Crippen molar-refractivity contribution in [1.29, 1.82) is 0 Å². The third-order valence-electron chi connectivity index (χ3n) is 7.02. The Morgan fingerprint density at radius 2 is 2.00 bits per heavy atom. The first-order chi connectivity index (χ1) is 15.4. The van der Waals surface area contributed by atoms with Crippen LogP contribution in [-0.4, -0.2) is 23.7 Å². The summed E-state index contributed by atoms with van der Waals surface area (Å²) in [5, 5.41) is 13.4. The lowest BCUT2D eigenvalue weighted by molar-refractivity contribution is 0.0698. The normalized spacial score (nSPS) is 21.0. The SMILES string of the molecule is Cc1cc(C(C)Nc2ccccc2C(=O)O)c2oc(N3CCCC4CCC43)cc(=O)c2c1. The molecule has 1 saturated heterocycles. The fraction of sp³-hybridized carbons (Fsp3) is 0.385. The zero-order chi connectivity index (χ0) is 22.4. The molecule has 1 aliphatic carbocycles. The van der Waals surface area contributed by atoms with E-state index in [0.29, 0.717) is 34.5 Å². The number of hydrogen-bond acceptors (Lipinski definition) is 5. The average molecular weight is 433 g/mol. The van der Waals surface area contributed by atoms with E-state index in [-0.39, 0.29) is 17.0 Å². The molecule has 166 valence electrons. The maximum Gasteiger partial charge on any atom is 0.337 e. The summed E-state index contributed by atoms with van der Waals surface area (Å²) in [6.45, 7) is 4.83. The molecular weight excluding hydrogens is 404 g/mol. The first kappa shape index (κ1) is 20.6.